The molecule has 0 N–H and O–H groups in total. The molecule has 2 aromatic rings. The van der Waals surface area contributed by atoms with Crippen molar-refractivity contribution in [2.75, 3.05) is 0 Å². The molecule has 0 atom stereocenters. The van der Waals surface area contributed by atoms with Crippen LogP contribution in [0.5, 0.6) is 0 Å². The minimum Gasteiger partial charge on any atom is -0.280 e. The summed E-state index contributed by atoms with van der Waals surface area (Å²) in [7, 11) is 6.64. The van der Waals surface area contributed by atoms with E-state index in [4.69, 9.17) is 0 Å². The van der Waals surface area contributed by atoms with E-state index in [1.165, 1.54) is 64.7 Å². The molecule has 23 heavy (non-hydrogen) atoms. The molecule has 0 saturated carbocycles. The molecule has 0 bridgehead atoms. The topological polar surface area (TPSA) is 8.81 Å². The van der Waals surface area contributed by atoms with Gasteiger partial charge in [-0.1, -0.05) is 42.7 Å². The van der Waals surface area contributed by atoms with Gasteiger partial charge in [-0.3, -0.25) is 14.6 Å². The molecule has 0 saturated heterocycles. The molecule has 2 radical (unpaired) electrons. The Balaban J connectivity index is 1.86. The number of aromatic nitrogens is 2. The zero-order valence-corrected chi connectivity index (χ0v) is 14.3. The number of hydrogen-bond acceptors (Lipinski definition) is 0. The maximum Gasteiger partial charge on any atom is 0.125 e. The average Bonchev–Trinajstić information content (AvgIpc) is 2.98. The largest absolute Gasteiger partial charge is 0.280 e. The van der Waals surface area contributed by atoms with Gasteiger partial charge in [-0.2, -0.15) is 7.28 Å². The first-order chi connectivity index (χ1) is 11.1. The minimum absolute atomic E-state index is 1.17. The fraction of sp³-hybridized carbons (Fsp3) is 0.350. The Bertz CT molecular complexity index is 820. The van der Waals surface area contributed by atoms with Crippen molar-refractivity contribution in [1.82, 2.24) is 4.57 Å². The molecule has 116 valence electrons. The Morgan fingerprint density at radius 2 is 2.00 bits per heavy atom. The van der Waals surface area contributed by atoms with E-state index in [9.17, 15) is 0 Å². The smallest absolute Gasteiger partial charge is 0.125 e. The number of allylic oxidation sites excluding steroid dienone is 3. The summed E-state index contributed by atoms with van der Waals surface area (Å²) in [5.74, 6) is 0. The van der Waals surface area contributed by atoms with Crippen molar-refractivity contribution < 1.29 is 4.57 Å². The van der Waals surface area contributed by atoms with Crippen LogP contribution < -0.4 is 10.3 Å². The zero-order valence-electron chi connectivity index (χ0n) is 14.3. The summed E-state index contributed by atoms with van der Waals surface area (Å²) in [5.41, 5.74) is 10.0. The summed E-state index contributed by atoms with van der Waals surface area (Å²) in [4.78, 5) is 0. The van der Waals surface area contributed by atoms with E-state index in [2.05, 4.69) is 74.1 Å². The zero-order chi connectivity index (χ0) is 16.0. The van der Waals surface area contributed by atoms with E-state index in [0.29, 0.717) is 0 Å². The van der Waals surface area contributed by atoms with Gasteiger partial charge in [-0.15, -0.1) is 0 Å². The van der Waals surface area contributed by atoms with Crippen molar-refractivity contribution in [2.24, 2.45) is 14.1 Å². The highest BCUT2D eigenvalue weighted by molar-refractivity contribution is 6.60. The van der Waals surface area contributed by atoms with E-state index in [-0.39, 0.29) is 0 Å². The summed E-state index contributed by atoms with van der Waals surface area (Å²) >= 11 is 0. The normalized spacial score (nSPS) is 16.9. The lowest BCUT2D eigenvalue weighted by Crippen LogP contribution is -2.50. The van der Waals surface area contributed by atoms with Crippen molar-refractivity contribution in [3.63, 3.8) is 0 Å². The van der Waals surface area contributed by atoms with E-state index in [1.807, 2.05) is 0 Å². The van der Waals surface area contributed by atoms with E-state index in [0.717, 1.165) is 0 Å². The van der Waals surface area contributed by atoms with Crippen LogP contribution in [0.4, 0.5) is 0 Å². The fourth-order valence-electron chi connectivity index (χ4n) is 3.95. The first kappa shape index (κ1) is 14.6. The summed E-state index contributed by atoms with van der Waals surface area (Å²) in [6.45, 7) is 2.22. The number of fused-ring (bicyclic) bond motifs is 3. The number of imidazole rings is 1. The molecule has 1 heterocycles. The molecule has 0 spiro atoms. The van der Waals surface area contributed by atoms with Crippen LogP contribution in [0, 0.1) is 6.92 Å². The molecular formula is C20H23BN2. The molecule has 2 aliphatic carbocycles. The second kappa shape index (κ2) is 5.56. The third-order valence-electron chi connectivity index (χ3n) is 5.24. The van der Waals surface area contributed by atoms with Crippen LogP contribution in [0.15, 0.2) is 41.6 Å². The molecule has 0 aliphatic heterocycles. The first-order valence-electron chi connectivity index (χ1n) is 8.55. The molecule has 4 rings (SSSR count). The Hall–Kier alpha value is -2.03. The van der Waals surface area contributed by atoms with Gasteiger partial charge in [0.05, 0.1) is 14.1 Å². The molecule has 2 nitrogen and oxygen atoms in total. The van der Waals surface area contributed by atoms with Crippen LogP contribution in [0.1, 0.15) is 42.4 Å². The van der Waals surface area contributed by atoms with Gasteiger partial charge in [0.2, 0.25) is 0 Å². The number of hydrogen-bond donors (Lipinski definition) is 0. The lowest BCUT2D eigenvalue weighted by Gasteiger charge is -2.23. The summed E-state index contributed by atoms with van der Waals surface area (Å²) < 4.78 is 4.40. The highest BCUT2D eigenvalue weighted by atomic mass is 15.1. The third kappa shape index (κ3) is 2.39. The lowest BCUT2D eigenvalue weighted by atomic mass is 9.64. The highest BCUT2D eigenvalue weighted by Crippen LogP contribution is 2.43. The Kier molecular flexibility index (Phi) is 3.52. The standard InChI is InChI=1S/C20H23BN2/c1-14-7-6-9-16-17(14)13-15-8-4-5-10-18(19(15)16)21-20-22(2)11-12-23(20)3/h6-7,9,11-13H,4-5,8,10H2,1-3H3. The SMILES string of the molecule is Cc1cccc2c1C=C1CCCCC([B-]c3n(C)cc[n+]3C)=C12. The summed E-state index contributed by atoms with van der Waals surface area (Å²) in [5, 5.41) is 0. The van der Waals surface area contributed by atoms with Crippen molar-refractivity contribution in [2.45, 2.75) is 32.6 Å². The molecule has 1 aromatic heterocycles. The van der Waals surface area contributed by atoms with Crippen LogP contribution in [0.25, 0.3) is 11.6 Å². The molecule has 0 unspecified atom stereocenters. The molecule has 2 aliphatic rings. The molecule has 0 amide bonds. The monoisotopic (exact) mass is 302 g/mol. The summed E-state index contributed by atoms with van der Waals surface area (Å²) in [6.07, 6.45) is 11.6. The van der Waals surface area contributed by atoms with Crippen molar-refractivity contribution >= 4 is 24.7 Å². The van der Waals surface area contributed by atoms with Crippen LogP contribution in [0.3, 0.4) is 0 Å². The van der Waals surface area contributed by atoms with Gasteiger partial charge in [0, 0.05) is 5.72 Å². The van der Waals surface area contributed by atoms with Crippen LogP contribution in [-0.2, 0) is 14.1 Å². The fourth-order valence-corrected chi connectivity index (χ4v) is 3.95. The average molecular weight is 302 g/mol. The maximum absolute atomic E-state index is 2.43. The number of rotatable bonds is 2. The quantitative estimate of drug-likeness (QED) is 0.596. The second-order valence-corrected chi connectivity index (χ2v) is 6.84. The molecule has 0 fully saturated rings. The Labute approximate surface area is 139 Å². The van der Waals surface area contributed by atoms with E-state index >= 15 is 0 Å². The number of benzene rings is 1. The van der Waals surface area contributed by atoms with Crippen molar-refractivity contribution in [3.8, 4) is 0 Å². The van der Waals surface area contributed by atoms with Crippen LogP contribution >= 0.6 is 0 Å². The molecular weight excluding hydrogens is 279 g/mol. The summed E-state index contributed by atoms with van der Waals surface area (Å²) in [6, 6.07) is 6.72. The minimum atomic E-state index is 1.17. The number of nitrogens with zero attached hydrogens (tertiary/aromatic N) is 2. The van der Waals surface area contributed by atoms with Gasteiger partial charge < -0.3 is 0 Å². The van der Waals surface area contributed by atoms with Gasteiger partial charge in [0.15, 0.2) is 0 Å². The van der Waals surface area contributed by atoms with Gasteiger partial charge in [0.1, 0.15) is 12.4 Å². The van der Waals surface area contributed by atoms with Crippen LogP contribution in [0.2, 0.25) is 0 Å². The van der Waals surface area contributed by atoms with Gasteiger partial charge in [-0.05, 0) is 42.0 Å². The van der Waals surface area contributed by atoms with Gasteiger partial charge in [0.25, 0.3) is 0 Å². The highest BCUT2D eigenvalue weighted by Gasteiger charge is 2.22. The predicted molar refractivity (Wildman–Crippen MR) is 96.5 cm³/mol. The van der Waals surface area contributed by atoms with Crippen LogP contribution in [-0.4, -0.2) is 11.8 Å². The van der Waals surface area contributed by atoms with Crippen molar-refractivity contribution in [1.29, 1.82) is 0 Å². The van der Waals surface area contributed by atoms with E-state index in [1.54, 1.807) is 0 Å². The van der Waals surface area contributed by atoms with Gasteiger partial charge in [-0.25, -0.2) is 0 Å². The Morgan fingerprint density at radius 1 is 1.17 bits per heavy atom. The molecule has 3 heteroatoms. The van der Waals surface area contributed by atoms with Gasteiger partial charge >= 0.3 is 0 Å². The second-order valence-electron chi connectivity index (χ2n) is 6.84. The van der Waals surface area contributed by atoms with E-state index < -0.39 is 0 Å². The predicted octanol–water partition coefficient (Wildman–Crippen LogP) is 2.87. The lowest BCUT2D eigenvalue weighted by molar-refractivity contribution is -0.652. The maximum atomic E-state index is 2.43. The Morgan fingerprint density at radius 3 is 2.78 bits per heavy atom. The number of aryl methyl sites for hydroxylation is 3. The first-order valence-corrected chi connectivity index (χ1v) is 8.55. The molecule has 1 aromatic carbocycles. The third-order valence-corrected chi connectivity index (χ3v) is 5.24. The van der Waals surface area contributed by atoms with Crippen molar-refractivity contribution in [3.05, 3.63) is 58.3 Å².